The highest BCUT2D eigenvalue weighted by atomic mass is 16.5. The topological polar surface area (TPSA) is 106 Å². The van der Waals surface area contributed by atoms with Crippen LogP contribution in [-0.2, 0) is 4.74 Å². The number of rotatable bonds is 10. The van der Waals surface area contributed by atoms with Gasteiger partial charge in [-0.25, -0.2) is 4.98 Å². The van der Waals surface area contributed by atoms with Crippen LogP contribution < -0.4 is 10.1 Å². The fourth-order valence-electron chi connectivity index (χ4n) is 6.18. The first kappa shape index (κ1) is 29.0. The summed E-state index contributed by atoms with van der Waals surface area (Å²) in [6, 6.07) is 16.6. The standard InChI is InChI=1S/C32H40N4O5/c1-23(37)24-11-13-27(14-12-24)41-19-15-26-20-33-17-18-35(26)31(38)29-30(25-8-4-3-5-9-25)36(22-34-29)28-10-6-7-16-32(28,39)21-40-2/h3-5,8-9,11-14,22,26,28,33,39H,6-7,10,15-21H2,1-2H3/t26-,28-,32-/m1/s1. The van der Waals surface area contributed by atoms with Gasteiger partial charge in [0.1, 0.15) is 11.4 Å². The van der Waals surface area contributed by atoms with Gasteiger partial charge in [0.05, 0.1) is 31.3 Å². The zero-order chi connectivity index (χ0) is 28.8. The number of carbonyl (C=O) groups excluding carboxylic acids is 2. The summed E-state index contributed by atoms with van der Waals surface area (Å²) in [7, 11) is 1.61. The maximum atomic E-state index is 14.2. The maximum Gasteiger partial charge on any atom is 0.275 e. The number of hydrogen-bond acceptors (Lipinski definition) is 7. The monoisotopic (exact) mass is 560 g/mol. The van der Waals surface area contributed by atoms with Crippen LogP contribution in [0.15, 0.2) is 60.9 Å². The van der Waals surface area contributed by atoms with Crippen LogP contribution in [-0.4, -0.2) is 82.8 Å². The molecule has 0 unspecified atom stereocenters. The molecule has 218 valence electrons. The van der Waals surface area contributed by atoms with Crippen LogP contribution in [0.5, 0.6) is 5.75 Å². The number of piperazine rings is 1. The molecule has 1 saturated carbocycles. The van der Waals surface area contributed by atoms with Gasteiger partial charge in [-0.1, -0.05) is 43.2 Å². The summed E-state index contributed by atoms with van der Waals surface area (Å²) >= 11 is 0. The van der Waals surface area contributed by atoms with E-state index in [9.17, 15) is 14.7 Å². The molecule has 5 rings (SSSR count). The highest BCUT2D eigenvalue weighted by Crippen LogP contribution is 2.41. The van der Waals surface area contributed by atoms with Gasteiger partial charge < -0.3 is 29.4 Å². The Morgan fingerprint density at radius 3 is 2.63 bits per heavy atom. The number of methoxy groups -OCH3 is 1. The third-order valence-electron chi connectivity index (χ3n) is 8.32. The molecule has 0 spiro atoms. The number of nitrogens with zero attached hydrogens (tertiary/aromatic N) is 3. The SMILES string of the molecule is COC[C@]1(O)CCCC[C@H]1n1cnc(C(=O)N2CCNC[C@H]2CCOc2ccc(C(C)=O)cc2)c1-c1ccccc1. The number of amides is 1. The molecule has 2 fully saturated rings. The van der Waals surface area contributed by atoms with Crippen LogP contribution in [0.25, 0.3) is 11.3 Å². The summed E-state index contributed by atoms with van der Waals surface area (Å²) in [6.45, 7) is 4.13. The summed E-state index contributed by atoms with van der Waals surface area (Å²) in [5, 5.41) is 15.0. The molecule has 3 aromatic rings. The van der Waals surface area contributed by atoms with Crippen LogP contribution in [0.4, 0.5) is 0 Å². The smallest absolute Gasteiger partial charge is 0.275 e. The average Bonchev–Trinajstić information content (AvgIpc) is 3.43. The highest BCUT2D eigenvalue weighted by molar-refractivity contribution is 5.98. The molecule has 1 aromatic heterocycles. The predicted octanol–water partition coefficient (Wildman–Crippen LogP) is 4.13. The summed E-state index contributed by atoms with van der Waals surface area (Å²) in [6.07, 6.45) is 5.71. The number of benzene rings is 2. The van der Waals surface area contributed by atoms with Crippen LogP contribution in [0, 0.1) is 0 Å². The Morgan fingerprint density at radius 1 is 1.12 bits per heavy atom. The average molecular weight is 561 g/mol. The zero-order valence-corrected chi connectivity index (χ0v) is 23.9. The van der Waals surface area contributed by atoms with E-state index in [-0.39, 0.29) is 30.4 Å². The van der Waals surface area contributed by atoms with Crippen molar-refractivity contribution in [3.63, 3.8) is 0 Å². The first-order valence-electron chi connectivity index (χ1n) is 14.5. The minimum Gasteiger partial charge on any atom is -0.494 e. The molecule has 1 amide bonds. The molecule has 41 heavy (non-hydrogen) atoms. The van der Waals surface area contributed by atoms with Crippen molar-refractivity contribution in [3.05, 3.63) is 72.2 Å². The van der Waals surface area contributed by atoms with Crippen LogP contribution in [0.3, 0.4) is 0 Å². The third-order valence-corrected chi connectivity index (χ3v) is 8.32. The molecule has 9 heteroatoms. The van der Waals surface area contributed by atoms with Crippen molar-refractivity contribution in [1.82, 2.24) is 19.8 Å². The Balaban J connectivity index is 1.39. The van der Waals surface area contributed by atoms with E-state index in [4.69, 9.17) is 14.5 Å². The number of ketones is 1. The number of carbonyl (C=O) groups is 2. The predicted molar refractivity (Wildman–Crippen MR) is 156 cm³/mol. The van der Waals surface area contributed by atoms with Gasteiger partial charge >= 0.3 is 0 Å². The summed E-state index contributed by atoms with van der Waals surface area (Å²) in [4.78, 5) is 32.3. The largest absolute Gasteiger partial charge is 0.494 e. The summed E-state index contributed by atoms with van der Waals surface area (Å²) in [5.41, 5.74) is 1.64. The van der Waals surface area contributed by atoms with Crippen molar-refractivity contribution in [2.45, 2.75) is 56.7 Å². The van der Waals surface area contributed by atoms with E-state index in [0.29, 0.717) is 56.1 Å². The lowest BCUT2D eigenvalue weighted by atomic mass is 9.80. The molecular weight excluding hydrogens is 520 g/mol. The number of nitrogens with one attached hydrogen (secondary N) is 1. The number of ether oxygens (including phenoxy) is 2. The molecule has 0 bridgehead atoms. The van der Waals surface area contributed by atoms with E-state index in [2.05, 4.69) is 5.32 Å². The van der Waals surface area contributed by atoms with Crippen LogP contribution >= 0.6 is 0 Å². The maximum absolute atomic E-state index is 14.2. The van der Waals surface area contributed by atoms with Gasteiger partial charge in [0.25, 0.3) is 5.91 Å². The molecule has 9 nitrogen and oxygen atoms in total. The molecule has 1 saturated heterocycles. The van der Waals surface area contributed by atoms with Gasteiger partial charge in [-0.2, -0.15) is 0 Å². The normalized spacial score (nSPS) is 22.9. The second-order valence-corrected chi connectivity index (χ2v) is 11.1. The first-order chi connectivity index (χ1) is 19.9. The molecule has 2 aromatic carbocycles. The zero-order valence-electron chi connectivity index (χ0n) is 23.9. The van der Waals surface area contributed by atoms with E-state index >= 15 is 0 Å². The first-order valence-corrected chi connectivity index (χ1v) is 14.5. The fourth-order valence-corrected chi connectivity index (χ4v) is 6.18. The molecule has 3 atom stereocenters. The van der Waals surface area contributed by atoms with Crippen molar-refractivity contribution in [2.24, 2.45) is 0 Å². The number of imidazole rings is 1. The van der Waals surface area contributed by atoms with Crippen molar-refractivity contribution in [2.75, 3.05) is 40.0 Å². The highest BCUT2D eigenvalue weighted by Gasteiger charge is 2.42. The van der Waals surface area contributed by atoms with E-state index in [1.54, 1.807) is 44.6 Å². The Kier molecular flexibility index (Phi) is 9.17. The molecule has 1 aliphatic heterocycles. The third kappa shape index (κ3) is 6.37. The van der Waals surface area contributed by atoms with Crippen molar-refractivity contribution in [1.29, 1.82) is 0 Å². The van der Waals surface area contributed by atoms with Crippen molar-refractivity contribution >= 4 is 11.7 Å². The Bertz CT molecular complexity index is 1320. The molecule has 1 aliphatic carbocycles. The lowest BCUT2D eigenvalue weighted by molar-refractivity contribution is -0.0893. The summed E-state index contributed by atoms with van der Waals surface area (Å²) < 4.78 is 13.4. The number of Topliss-reactive ketones (excluding diaryl/α,β-unsaturated/α-hetero) is 1. The van der Waals surface area contributed by atoms with Crippen LogP contribution in [0.2, 0.25) is 0 Å². The quantitative estimate of drug-likeness (QED) is 0.359. The molecule has 2 aliphatic rings. The van der Waals surface area contributed by atoms with E-state index in [0.717, 1.165) is 30.5 Å². The Labute approximate surface area is 241 Å². The van der Waals surface area contributed by atoms with Gasteiger partial charge in [0.2, 0.25) is 0 Å². The molecule has 2 N–H and O–H groups in total. The second-order valence-electron chi connectivity index (χ2n) is 11.1. The fraction of sp³-hybridized carbons (Fsp3) is 0.469. The van der Waals surface area contributed by atoms with Crippen LogP contribution in [0.1, 0.15) is 65.9 Å². The Morgan fingerprint density at radius 2 is 1.90 bits per heavy atom. The van der Waals surface area contributed by atoms with E-state index in [1.807, 2.05) is 39.8 Å². The van der Waals surface area contributed by atoms with Gasteiger partial charge in [-0.15, -0.1) is 0 Å². The Hall–Kier alpha value is -3.53. The number of aromatic nitrogens is 2. The minimum atomic E-state index is -1.03. The lowest BCUT2D eigenvalue weighted by Crippen LogP contribution is -2.54. The summed E-state index contributed by atoms with van der Waals surface area (Å²) in [5.74, 6) is 0.590. The number of hydrogen-bond donors (Lipinski definition) is 2. The molecule has 2 heterocycles. The van der Waals surface area contributed by atoms with E-state index in [1.165, 1.54) is 0 Å². The second kappa shape index (κ2) is 13.0. The van der Waals surface area contributed by atoms with Gasteiger partial charge in [-0.3, -0.25) is 9.59 Å². The van der Waals surface area contributed by atoms with Gasteiger partial charge in [0, 0.05) is 50.3 Å². The van der Waals surface area contributed by atoms with E-state index < -0.39 is 5.60 Å². The minimum absolute atomic E-state index is 0.0168. The molecular formula is C32H40N4O5. The van der Waals surface area contributed by atoms with Crippen molar-refractivity contribution < 1.29 is 24.2 Å². The molecule has 0 radical (unpaired) electrons. The van der Waals surface area contributed by atoms with Gasteiger partial charge in [0.15, 0.2) is 11.5 Å². The lowest BCUT2D eigenvalue weighted by Gasteiger charge is -2.41. The number of aliphatic hydroxyl groups is 1. The van der Waals surface area contributed by atoms with Gasteiger partial charge in [-0.05, 0) is 44.0 Å². The van der Waals surface area contributed by atoms with Crippen molar-refractivity contribution in [3.8, 4) is 17.0 Å².